The lowest BCUT2D eigenvalue weighted by Crippen LogP contribution is -2.50. The van der Waals surface area contributed by atoms with Crippen LogP contribution >= 0.6 is 0 Å². The fourth-order valence-corrected chi connectivity index (χ4v) is 3.75. The Labute approximate surface area is 156 Å². The molecule has 0 saturated carbocycles. The molecule has 2 heterocycles. The largest absolute Gasteiger partial charge is 0.373 e. The van der Waals surface area contributed by atoms with Crippen molar-refractivity contribution >= 4 is 11.8 Å². The van der Waals surface area contributed by atoms with E-state index in [0.29, 0.717) is 26.2 Å². The van der Waals surface area contributed by atoms with Gasteiger partial charge in [0.05, 0.1) is 37.5 Å². The molecule has 0 radical (unpaired) electrons. The molecule has 0 aromatic heterocycles. The maximum absolute atomic E-state index is 12.0. The average molecular weight is 370 g/mol. The van der Waals surface area contributed by atoms with Crippen molar-refractivity contribution < 1.29 is 19.1 Å². The van der Waals surface area contributed by atoms with Gasteiger partial charge in [-0.05, 0) is 27.7 Å². The molecule has 0 aliphatic carbocycles. The highest BCUT2D eigenvalue weighted by Crippen LogP contribution is 2.10. The Kier molecular flexibility index (Phi) is 8.27. The molecular weight excluding hydrogens is 336 g/mol. The number of morpholine rings is 2. The smallest absolute Gasteiger partial charge is 0.234 e. The van der Waals surface area contributed by atoms with E-state index in [9.17, 15) is 9.59 Å². The first-order valence-electron chi connectivity index (χ1n) is 9.61. The van der Waals surface area contributed by atoms with E-state index < -0.39 is 0 Å². The van der Waals surface area contributed by atoms with Gasteiger partial charge in [-0.3, -0.25) is 19.4 Å². The van der Waals surface area contributed by atoms with Gasteiger partial charge in [0.1, 0.15) is 0 Å². The summed E-state index contributed by atoms with van der Waals surface area (Å²) in [5.41, 5.74) is 0. The Morgan fingerprint density at radius 2 is 1.04 bits per heavy atom. The SMILES string of the molecule is C[C@@H]1CN(CC(=O)NCCNC(=O)CN2C[C@H](C)O[C@@H](C)C2)C[C@@H](C)O1. The zero-order valence-corrected chi connectivity index (χ0v) is 16.5. The number of hydrogen-bond donors (Lipinski definition) is 2. The third-order valence-electron chi connectivity index (χ3n) is 4.49. The molecule has 2 fully saturated rings. The van der Waals surface area contributed by atoms with Gasteiger partial charge in [-0.25, -0.2) is 0 Å². The van der Waals surface area contributed by atoms with Gasteiger partial charge in [0.2, 0.25) is 11.8 Å². The number of rotatable bonds is 7. The summed E-state index contributed by atoms with van der Waals surface area (Å²) in [6.07, 6.45) is 0.598. The monoisotopic (exact) mass is 370 g/mol. The molecule has 0 spiro atoms. The van der Waals surface area contributed by atoms with E-state index in [-0.39, 0.29) is 36.2 Å². The van der Waals surface area contributed by atoms with Crippen molar-refractivity contribution in [1.82, 2.24) is 20.4 Å². The van der Waals surface area contributed by atoms with Crippen LogP contribution in [0.25, 0.3) is 0 Å². The minimum absolute atomic E-state index is 0.0172. The molecular formula is C18H34N4O4. The Morgan fingerprint density at radius 1 is 0.731 bits per heavy atom. The first-order valence-corrected chi connectivity index (χ1v) is 9.61. The van der Waals surface area contributed by atoms with Gasteiger partial charge in [-0.15, -0.1) is 0 Å². The molecule has 0 aromatic carbocycles. The number of amides is 2. The minimum Gasteiger partial charge on any atom is -0.373 e. The quantitative estimate of drug-likeness (QED) is 0.585. The molecule has 4 atom stereocenters. The lowest BCUT2D eigenvalue weighted by atomic mass is 10.2. The Bertz CT molecular complexity index is 414. The molecule has 2 rings (SSSR count). The van der Waals surface area contributed by atoms with Crippen molar-refractivity contribution in [1.29, 1.82) is 0 Å². The fraction of sp³-hybridized carbons (Fsp3) is 0.889. The second kappa shape index (κ2) is 10.2. The van der Waals surface area contributed by atoms with Crippen molar-refractivity contribution in [3.05, 3.63) is 0 Å². The van der Waals surface area contributed by atoms with Gasteiger partial charge < -0.3 is 20.1 Å². The van der Waals surface area contributed by atoms with Crippen LogP contribution in [-0.2, 0) is 19.1 Å². The first-order chi connectivity index (χ1) is 12.3. The molecule has 2 N–H and O–H groups in total. The van der Waals surface area contributed by atoms with E-state index in [1.165, 1.54) is 0 Å². The number of carbonyl (C=O) groups excluding carboxylic acids is 2. The van der Waals surface area contributed by atoms with Crippen LogP contribution in [0.15, 0.2) is 0 Å². The molecule has 2 saturated heterocycles. The van der Waals surface area contributed by atoms with Crippen molar-refractivity contribution in [2.24, 2.45) is 0 Å². The highest BCUT2D eigenvalue weighted by Gasteiger charge is 2.24. The van der Waals surface area contributed by atoms with Crippen molar-refractivity contribution in [3.8, 4) is 0 Å². The molecule has 2 amide bonds. The van der Waals surface area contributed by atoms with Crippen molar-refractivity contribution in [2.45, 2.75) is 52.1 Å². The minimum atomic E-state index is -0.0172. The molecule has 2 aliphatic rings. The van der Waals surface area contributed by atoms with E-state index in [2.05, 4.69) is 20.4 Å². The predicted octanol–water partition coefficient (Wildman–Crippen LogP) is -0.563. The number of carbonyl (C=O) groups is 2. The normalized spacial score (nSPS) is 30.8. The van der Waals surface area contributed by atoms with Crippen LogP contribution in [0, 0.1) is 0 Å². The zero-order valence-electron chi connectivity index (χ0n) is 16.5. The Morgan fingerprint density at radius 3 is 1.35 bits per heavy atom. The fourth-order valence-electron chi connectivity index (χ4n) is 3.75. The van der Waals surface area contributed by atoms with Crippen molar-refractivity contribution in [3.63, 3.8) is 0 Å². The maximum Gasteiger partial charge on any atom is 0.234 e. The molecule has 8 nitrogen and oxygen atoms in total. The zero-order chi connectivity index (χ0) is 19.1. The molecule has 0 aromatic rings. The van der Waals surface area contributed by atoms with E-state index >= 15 is 0 Å². The summed E-state index contributed by atoms with van der Waals surface area (Å²) in [6, 6.07) is 0. The van der Waals surface area contributed by atoms with E-state index in [0.717, 1.165) is 26.2 Å². The van der Waals surface area contributed by atoms with Gasteiger partial charge in [-0.2, -0.15) is 0 Å². The number of nitrogens with zero attached hydrogens (tertiary/aromatic N) is 2. The van der Waals surface area contributed by atoms with E-state index in [1.807, 2.05) is 27.7 Å². The molecule has 0 bridgehead atoms. The number of nitrogens with one attached hydrogen (secondary N) is 2. The second-order valence-corrected chi connectivity index (χ2v) is 7.60. The lowest BCUT2D eigenvalue weighted by Gasteiger charge is -2.35. The predicted molar refractivity (Wildman–Crippen MR) is 98.9 cm³/mol. The van der Waals surface area contributed by atoms with Crippen molar-refractivity contribution in [2.75, 3.05) is 52.4 Å². The van der Waals surface area contributed by atoms with Gasteiger partial charge in [0.15, 0.2) is 0 Å². The highest BCUT2D eigenvalue weighted by molar-refractivity contribution is 5.79. The van der Waals surface area contributed by atoms with Crippen LogP contribution in [0.5, 0.6) is 0 Å². The average Bonchev–Trinajstić information content (AvgIpc) is 2.49. The summed E-state index contributed by atoms with van der Waals surface area (Å²) in [7, 11) is 0. The second-order valence-electron chi connectivity index (χ2n) is 7.60. The molecule has 26 heavy (non-hydrogen) atoms. The number of ether oxygens (including phenoxy) is 2. The topological polar surface area (TPSA) is 83.1 Å². The third-order valence-corrected chi connectivity index (χ3v) is 4.49. The van der Waals surface area contributed by atoms with Crippen LogP contribution in [0.2, 0.25) is 0 Å². The molecule has 8 heteroatoms. The van der Waals surface area contributed by atoms with Crippen LogP contribution in [0.3, 0.4) is 0 Å². The summed E-state index contributed by atoms with van der Waals surface area (Å²) in [6.45, 7) is 12.8. The lowest BCUT2D eigenvalue weighted by molar-refractivity contribution is -0.127. The van der Waals surface area contributed by atoms with Gasteiger partial charge >= 0.3 is 0 Å². The molecule has 150 valence electrons. The van der Waals surface area contributed by atoms with Gasteiger partial charge in [0, 0.05) is 39.3 Å². The highest BCUT2D eigenvalue weighted by atomic mass is 16.5. The first kappa shape index (κ1) is 21.1. The van der Waals surface area contributed by atoms with E-state index in [4.69, 9.17) is 9.47 Å². The summed E-state index contributed by atoms with van der Waals surface area (Å²) in [4.78, 5) is 28.3. The van der Waals surface area contributed by atoms with Crippen LogP contribution in [-0.4, -0.2) is 98.4 Å². The van der Waals surface area contributed by atoms with Crippen LogP contribution < -0.4 is 10.6 Å². The standard InChI is InChI=1S/C18H34N4O4/c1-13-7-21(8-14(2)25-13)11-17(23)19-5-6-20-18(24)12-22-9-15(3)26-16(4)10-22/h13-16H,5-12H2,1-4H3,(H,19,23)(H,20,24)/t13-,14-,15+,16+. The Balaban J connectivity index is 1.56. The molecule has 2 aliphatic heterocycles. The van der Waals surface area contributed by atoms with Crippen LogP contribution in [0.4, 0.5) is 0 Å². The van der Waals surface area contributed by atoms with Gasteiger partial charge in [0.25, 0.3) is 0 Å². The van der Waals surface area contributed by atoms with Gasteiger partial charge in [-0.1, -0.05) is 0 Å². The summed E-state index contributed by atoms with van der Waals surface area (Å²) < 4.78 is 11.3. The number of hydrogen-bond acceptors (Lipinski definition) is 6. The van der Waals surface area contributed by atoms with Crippen LogP contribution in [0.1, 0.15) is 27.7 Å². The summed E-state index contributed by atoms with van der Waals surface area (Å²) >= 11 is 0. The summed E-state index contributed by atoms with van der Waals surface area (Å²) in [5, 5.41) is 5.73. The molecule has 0 unspecified atom stereocenters. The third kappa shape index (κ3) is 7.57. The Hall–Kier alpha value is -1.22. The van der Waals surface area contributed by atoms with E-state index in [1.54, 1.807) is 0 Å². The maximum atomic E-state index is 12.0. The summed E-state index contributed by atoms with van der Waals surface area (Å²) in [5.74, 6) is -0.0345.